The third-order valence-electron chi connectivity index (χ3n) is 4.24. The van der Waals surface area contributed by atoms with Gasteiger partial charge in [-0.05, 0) is 48.0 Å². The summed E-state index contributed by atoms with van der Waals surface area (Å²) in [4.78, 5) is 12.5. The van der Waals surface area contributed by atoms with Crippen LogP contribution in [0.3, 0.4) is 0 Å². The van der Waals surface area contributed by atoms with E-state index >= 15 is 0 Å². The van der Waals surface area contributed by atoms with E-state index in [0.717, 1.165) is 5.56 Å². The Morgan fingerprint density at radius 3 is 2.24 bits per heavy atom. The molecule has 0 bridgehead atoms. The van der Waals surface area contributed by atoms with E-state index in [2.05, 4.69) is 5.32 Å². The molecule has 0 atom stereocenters. The van der Waals surface area contributed by atoms with Crippen LogP contribution in [0.4, 0.5) is 5.69 Å². The molecule has 1 amide bonds. The van der Waals surface area contributed by atoms with Crippen molar-refractivity contribution < 1.29 is 13.2 Å². The summed E-state index contributed by atoms with van der Waals surface area (Å²) in [5.74, 6) is -0.413. The number of carbonyl (C=O) groups excluding carboxylic acids is 1. The van der Waals surface area contributed by atoms with Gasteiger partial charge >= 0.3 is 0 Å². The Bertz CT molecular complexity index is 1120. The van der Waals surface area contributed by atoms with E-state index < -0.39 is 15.9 Å². The third-order valence-corrected chi connectivity index (χ3v) is 6.61. The van der Waals surface area contributed by atoms with Crippen LogP contribution in [0.5, 0.6) is 0 Å². The number of hydrogen-bond acceptors (Lipinski definition) is 3. The summed E-state index contributed by atoms with van der Waals surface area (Å²) in [7, 11) is -2.13. The highest BCUT2D eigenvalue weighted by atomic mass is 35.5. The van der Waals surface area contributed by atoms with Crippen LogP contribution < -0.4 is 5.32 Å². The van der Waals surface area contributed by atoms with E-state index in [9.17, 15) is 13.2 Å². The lowest BCUT2D eigenvalue weighted by Crippen LogP contribution is -2.26. The number of amides is 1. The van der Waals surface area contributed by atoms with Crippen LogP contribution >= 0.6 is 23.2 Å². The van der Waals surface area contributed by atoms with Gasteiger partial charge in [0.25, 0.3) is 5.91 Å². The molecule has 0 aliphatic carbocycles. The Hall–Kier alpha value is -2.38. The first-order valence-corrected chi connectivity index (χ1v) is 10.8. The molecule has 0 saturated carbocycles. The standard InChI is InChI=1S/C21H18Cl2N2O3S/c1-25(14-15-5-3-2-4-6-15)29(27,28)18-10-8-17(9-11-18)24-21(26)19-12-7-16(22)13-20(19)23/h2-13H,14H2,1H3,(H,24,26). The zero-order valence-corrected chi connectivity index (χ0v) is 17.8. The summed E-state index contributed by atoms with van der Waals surface area (Å²) in [5.41, 5.74) is 1.61. The number of benzene rings is 3. The highest BCUT2D eigenvalue weighted by Crippen LogP contribution is 2.23. The number of rotatable bonds is 6. The molecular weight excluding hydrogens is 431 g/mol. The second-order valence-electron chi connectivity index (χ2n) is 6.35. The molecule has 1 N–H and O–H groups in total. The third kappa shape index (κ3) is 5.16. The van der Waals surface area contributed by atoms with Crippen molar-refractivity contribution in [1.29, 1.82) is 0 Å². The second-order valence-corrected chi connectivity index (χ2v) is 9.24. The number of nitrogens with zero attached hydrogens (tertiary/aromatic N) is 1. The van der Waals surface area contributed by atoms with Crippen LogP contribution in [0.1, 0.15) is 15.9 Å². The second kappa shape index (κ2) is 8.97. The summed E-state index contributed by atoms with van der Waals surface area (Å²) in [6.07, 6.45) is 0. The summed E-state index contributed by atoms with van der Waals surface area (Å²) >= 11 is 11.9. The van der Waals surface area contributed by atoms with E-state index in [1.807, 2.05) is 30.3 Å². The fourth-order valence-corrected chi connectivity index (χ4v) is 4.34. The first-order valence-electron chi connectivity index (χ1n) is 8.64. The van der Waals surface area contributed by atoms with Gasteiger partial charge in [0.05, 0.1) is 15.5 Å². The number of halogens is 2. The largest absolute Gasteiger partial charge is 0.322 e. The minimum absolute atomic E-state index is 0.137. The maximum absolute atomic E-state index is 12.8. The first-order chi connectivity index (χ1) is 13.8. The number of anilines is 1. The van der Waals surface area contributed by atoms with Gasteiger partial charge in [-0.2, -0.15) is 4.31 Å². The van der Waals surface area contributed by atoms with Crippen LogP contribution in [-0.4, -0.2) is 25.7 Å². The van der Waals surface area contributed by atoms with Gasteiger partial charge in [0.2, 0.25) is 10.0 Å². The van der Waals surface area contributed by atoms with Crippen molar-refractivity contribution in [2.45, 2.75) is 11.4 Å². The zero-order chi connectivity index (χ0) is 21.0. The predicted octanol–water partition coefficient (Wildman–Crippen LogP) is 5.07. The lowest BCUT2D eigenvalue weighted by molar-refractivity contribution is 0.102. The lowest BCUT2D eigenvalue weighted by Gasteiger charge is -2.17. The molecule has 29 heavy (non-hydrogen) atoms. The molecule has 0 aromatic heterocycles. The van der Waals surface area contributed by atoms with Crippen molar-refractivity contribution in [3.05, 3.63) is 94.0 Å². The Morgan fingerprint density at radius 1 is 0.966 bits per heavy atom. The first kappa shape index (κ1) is 21.3. The Balaban J connectivity index is 1.72. The van der Waals surface area contributed by atoms with Gasteiger partial charge in [0.1, 0.15) is 0 Å². The average molecular weight is 449 g/mol. The van der Waals surface area contributed by atoms with Crippen molar-refractivity contribution in [1.82, 2.24) is 4.31 Å². The van der Waals surface area contributed by atoms with Crippen LogP contribution in [0, 0.1) is 0 Å². The molecule has 8 heteroatoms. The molecule has 0 heterocycles. The monoisotopic (exact) mass is 448 g/mol. The molecular formula is C21H18Cl2N2O3S. The van der Waals surface area contributed by atoms with Gasteiger partial charge < -0.3 is 5.32 Å². The van der Waals surface area contributed by atoms with E-state index in [0.29, 0.717) is 10.7 Å². The molecule has 0 aliphatic heterocycles. The highest BCUT2D eigenvalue weighted by molar-refractivity contribution is 7.89. The maximum atomic E-state index is 12.8. The van der Waals surface area contributed by atoms with Crippen LogP contribution in [0.15, 0.2) is 77.7 Å². The quantitative estimate of drug-likeness (QED) is 0.572. The molecule has 0 radical (unpaired) electrons. The van der Waals surface area contributed by atoms with Crippen LogP contribution in [0.25, 0.3) is 0 Å². The minimum atomic E-state index is -3.66. The number of sulfonamides is 1. The molecule has 3 rings (SSSR count). The van der Waals surface area contributed by atoms with Gasteiger partial charge in [-0.1, -0.05) is 53.5 Å². The molecule has 0 saturated heterocycles. The summed E-state index contributed by atoms with van der Waals surface area (Å²) < 4.78 is 26.8. The summed E-state index contributed by atoms with van der Waals surface area (Å²) in [5, 5.41) is 3.36. The molecule has 0 fully saturated rings. The van der Waals surface area contributed by atoms with Crippen molar-refractivity contribution in [2.75, 3.05) is 12.4 Å². The van der Waals surface area contributed by atoms with E-state index in [4.69, 9.17) is 23.2 Å². The minimum Gasteiger partial charge on any atom is -0.322 e. The fourth-order valence-electron chi connectivity index (χ4n) is 2.69. The van der Waals surface area contributed by atoms with Crippen molar-refractivity contribution in [3.63, 3.8) is 0 Å². The maximum Gasteiger partial charge on any atom is 0.257 e. The Morgan fingerprint density at radius 2 is 1.62 bits per heavy atom. The number of carbonyl (C=O) groups is 1. The van der Waals surface area contributed by atoms with Crippen molar-refractivity contribution in [2.24, 2.45) is 0 Å². The van der Waals surface area contributed by atoms with E-state index in [-0.39, 0.29) is 22.0 Å². The zero-order valence-electron chi connectivity index (χ0n) is 15.5. The Labute approximate surface area is 179 Å². The van der Waals surface area contributed by atoms with E-state index in [1.165, 1.54) is 47.8 Å². The fraction of sp³-hybridized carbons (Fsp3) is 0.0952. The van der Waals surface area contributed by atoms with Gasteiger partial charge in [-0.3, -0.25) is 4.79 Å². The molecule has 3 aromatic rings. The Kier molecular flexibility index (Phi) is 6.59. The number of hydrogen-bond donors (Lipinski definition) is 1. The van der Waals surface area contributed by atoms with Gasteiger partial charge in [-0.25, -0.2) is 8.42 Å². The smallest absolute Gasteiger partial charge is 0.257 e. The molecule has 0 spiro atoms. The van der Waals surface area contributed by atoms with Gasteiger partial charge in [0, 0.05) is 24.3 Å². The molecule has 5 nitrogen and oxygen atoms in total. The van der Waals surface area contributed by atoms with Crippen molar-refractivity contribution in [3.8, 4) is 0 Å². The van der Waals surface area contributed by atoms with E-state index in [1.54, 1.807) is 6.07 Å². The van der Waals surface area contributed by atoms with Crippen LogP contribution in [0.2, 0.25) is 10.0 Å². The molecule has 0 unspecified atom stereocenters. The summed E-state index contributed by atoms with van der Waals surface area (Å²) in [6.45, 7) is 0.261. The molecule has 3 aromatic carbocycles. The lowest BCUT2D eigenvalue weighted by atomic mass is 10.2. The topological polar surface area (TPSA) is 66.5 Å². The predicted molar refractivity (Wildman–Crippen MR) is 116 cm³/mol. The van der Waals surface area contributed by atoms with Crippen LogP contribution in [-0.2, 0) is 16.6 Å². The van der Waals surface area contributed by atoms with Gasteiger partial charge in [0.15, 0.2) is 0 Å². The highest BCUT2D eigenvalue weighted by Gasteiger charge is 2.21. The molecule has 150 valence electrons. The summed E-state index contributed by atoms with van der Waals surface area (Å²) in [6, 6.07) is 19.9. The molecule has 0 aliphatic rings. The SMILES string of the molecule is CN(Cc1ccccc1)S(=O)(=O)c1ccc(NC(=O)c2ccc(Cl)cc2Cl)cc1. The number of nitrogens with one attached hydrogen (secondary N) is 1. The van der Waals surface area contributed by atoms with Crippen molar-refractivity contribution >= 4 is 44.8 Å². The average Bonchev–Trinajstić information content (AvgIpc) is 2.69. The normalized spacial score (nSPS) is 11.4. The van der Waals surface area contributed by atoms with Gasteiger partial charge in [-0.15, -0.1) is 0 Å².